The summed E-state index contributed by atoms with van der Waals surface area (Å²) in [6.45, 7) is 6.09. The first-order valence-corrected chi connectivity index (χ1v) is 9.88. The van der Waals surface area contributed by atoms with Crippen molar-refractivity contribution in [1.82, 2.24) is 0 Å². The van der Waals surface area contributed by atoms with Crippen molar-refractivity contribution < 1.29 is 28.6 Å². The van der Waals surface area contributed by atoms with E-state index in [1.165, 1.54) is 0 Å². The van der Waals surface area contributed by atoms with Crippen LogP contribution >= 0.6 is 0 Å². The highest BCUT2D eigenvalue weighted by Gasteiger charge is 2.14. The molecule has 0 bridgehead atoms. The number of nitrogens with one attached hydrogen (secondary N) is 1. The number of anilines is 1. The average molecular weight is 413 g/mol. The van der Waals surface area contributed by atoms with Gasteiger partial charge in [-0.3, -0.25) is 14.4 Å². The molecule has 7 heteroatoms. The lowest BCUT2D eigenvalue weighted by Crippen LogP contribution is -2.21. The normalized spacial score (nSPS) is 10.2. The largest absolute Gasteiger partial charge is 0.494 e. The van der Waals surface area contributed by atoms with Crippen LogP contribution in [-0.4, -0.2) is 37.5 Å². The summed E-state index contributed by atoms with van der Waals surface area (Å²) in [7, 11) is 0. The van der Waals surface area contributed by atoms with Gasteiger partial charge in [-0.1, -0.05) is 29.8 Å². The first-order chi connectivity index (χ1) is 14.4. The van der Waals surface area contributed by atoms with Gasteiger partial charge in [0.2, 0.25) is 0 Å². The van der Waals surface area contributed by atoms with E-state index in [4.69, 9.17) is 14.2 Å². The van der Waals surface area contributed by atoms with Crippen molar-refractivity contribution in [2.45, 2.75) is 33.6 Å². The molecule has 0 heterocycles. The number of amides is 1. The Balaban J connectivity index is 1.83. The number of benzene rings is 2. The first kappa shape index (κ1) is 22.9. The third kappa shape index (κ3) is 7.24. The second kappa shape index (κ2) is 11.6. The highest BCUT2D eigenvalue weighted by molar-refractivity contribution is 5.98. The monoisotopic (exact) mass is 413 g/mol. The lowest BCUT2D eigenvalue weighted by Gasteiger charge is -2.13. The van der Waals surface area contributed by atoms with Gasteiger partial charge in [0.25, 0.3) is 5.91 Å². The maximum Gasteiger partial charge on any atom is 0.306 e. The molecule has 2 rings (SSSR count). The van der Waals surface area contributed by atoms with E-state index in [0.29, 0.717) is 36.0 Å². The molecule has 0 spiro atoms. The van der Waals surface area contributed by atoms with Crippen molar-refractivity contribution in [3.63, 3.8) is 0 Å². The van der Waals surface area contributed by atoms with Crippen LogP contribution in [0.2, 0.25) is 0 Å². The Morgan fingerprint density at radius 3 is 2.27 bits per heavy atom. The molecular weight excluding hydrogens is 386 g/mol. The Labute approximate surface area is 176 Å². The van der Waals surface area contributed by atoms with Crippen LogP contribution in [0.3, 0.4) is 0 Å². The number of hydrogen-bond acceptors (Lipinski definition) is 6. The van der Waals surface area contributed by atoms with Gasteiger partial charge in [-0.15, -0.1) is 0 Å². The predicted octanol–water partition coefficient (Wildman–Crippen LogP) is 3.94. The minimum absolute atomic E-state index is 0.0222. The van der Waals surface area contributed by atoms with E-state index in [-0.39, 0.29) is 18.6 Å². The van der Waals surface area contributed by atoms with Crippen LogP contribution in [0.25, 0.3) is 0 Å². The maximum absolute atomic E-state index is 12.2. The number of esters is 1. The second-order valence-electron chi connectivity index (χ2n) is 6.52. The number of carbonyl (C=O) groups is 3. The van der Waals surface area contributed by atoms with Crippen LogP contribution < -0.4 is 14.8 Å². The zero-order chi connectivity index (χ0) is 21.9. The number of hydrogen-bond donors (Lipinski definition) is 1. The van der Waals surface area contributed by atoms with Gasteiger partial charge < -0.3 is 19.5 Å². The average Bonchev–Trinajstić information content (AvgIpc) is 2.73. The molecule has 2 aromatic carbocycles. The Morgan fingerprint density at radius 2 is 1.60 bits per heavy atom. The third-order valence-corrected chi connectivity index (χ3v) is 4.13. The molecule has 1 amide bonds. The number of aryl methyl sites for hydroxylation is 1. The maximum atomic E-state index is 12.2. The molecule has 0 radical (unpaired) electrons. The first-order valence-electron chi connectivity index (χ1n) is 9.88. The van der Waals surface area contributed by atoms with Crippen molar-refractivity contribution in [3.05, 3.63) is 53.6 Å². The summed E-state index contributed by atoms with van der Waals surface area (Å²) < 4.78 is 15.9. The Kier molecular flexibility index (Phi) is 8.87. The van der Waals surface area contributed by atoms with Crippen LogP contribution in [-0.2, 0) is 14.3 Å². The third-order valence-electron chi connectivity index (χ3n) is 4.13. The predicted molar refractivity (Wildman–Crippen MR) is 113 cm³/mol. The highest BCUT2D eigenvalue weighted by Crippen LogP contribution is 2.29. The number of ether oxygens (including phenoxy) is 3. The molecule has 0 saturated carbocycles. The minimum Gasteiger partial charge on any atom is -0.494 e. The summed E-state index contributed by atoms with van der Waals surface area (Å²) in [6, 6.07) is 12.2. The van der Waals surface area contributed by atoms with Gasteiger partial charge in [-0.25, -0.2) is 0 Å². The topological polar surface area (TPSA) is 90.9 Å². The summed E-state index contributed by atoms with van der Waals surface area (Å²) in [5.41, 5.74) is 2.03. The molecule has 7 nitrogen and oxygen atoms in total. The quantitative estimate of drug-likeness (QED) is 0.443. The van der Waals surface area contributed by atoms with Crippen LogP contribution in [0.1, 0.15) is 42.6 Å². The van der Waals surface area contributed by atoms with Crippen LogP contribution in [0, 0.1) is 6.92 Å². The van der Waals surface area contributed by atoms with Gasteiger partial charge in [0, 0.05) is 18.1 Å². The summed E-state index contributed by atoms with van der Waals surface area (Å²) >= 11 is 0. The summed E-state index contributed by atoms with van der Waals surface area (Å²) in [5, 5.41) is 2.66. The fraction of sp³-hybridized carbons (Fsp3) is 0.348. The van der Waals surface area contributed by atoms with Gasteiger partial charge >= 0.3 is 5.97 Å². The summed E-state index contributed by atoms with van der Waals surface area (Å²) in [4.78, 5) is 36.2. The minimum atomic E-state index is -0.612. The number of Topliss-reactive ketones (excluding diaryl/α,β-unsaturated/α-hetero) is 1. The molecule has 160 valence electrons. The molecule has 0 aliphatic heterocycles. The molecule has 0 saturated heterocycles. The van der Waals surface area contributed by atoms with Crippen LogP contribution in [0.4, 0.5) is 5.69 Å². The van der Waals surface area contributed by atoms with Crippen molar-refractivity contribution >= 4 is 23.3 Å². The zero-order valence-electron chi connectivity index (χ0n) is 17.5. The molecule has 1 N–H and O–H groups in total. The lowest BCUT2D eigenvalue weighted by molar-refractivity contribution is -0.147. The SMILES string of the molecule is CCOc1ccc(OCC)c(NC(=O)COC(=O)CCC(=O)c2ccc(C)cc2)c1. The molecule has 0 atom stereocenters. The Hall–Kier alpha value is -3.35. The number of carbonyl (C=O) groups excluding carboxylic acids is 3. The molecule has 0 aliphatic carbocycles. The smallest absolute Gasteiger partial charge is 0.306 e. The fourth-order valence-corrected chi connectivity index (χ4v) is 2.65. The zero-order valence-corrected chi connectivity index (χ0v) is 17.5. The second-order valence-corrected chi connectivity index (χ2v) is 6.52. The van der Waals surface area contributed by atoms with Gasteiger partial charge in [0.1, 0.15) is 11.5 Å². The molecule has 0 unspecified atom stereocenters. The fourth-order valence-electron chi connectivity index (χ4n) is 2.65. The van der Waals surface area contributed by atoms with Gasteiger partial charge in [-0.2, -0.15) is 0 Å². The van der Waals surface area contributed by atoms with E-state index in [1.807, 2.05) is 32.9 Å². The molecule has 2 aromatic rings. The van der Waals surface area contributed by atoms with Gasteiger partial charge in [0.05, 0.1) is 25.3 Å². The van der Waals surface area contributed by atoms with Gasteiger partial charge in [-0.05, 0) is 32.9 Å². The summed E-state index contributed by atoms with van der Waals surface area (Å²) in [5.74, 6) is -0.195. The van der Waals surface area contributed by atoms with E-state index in [2.05, 4.69) is 5.32 Å². The van der Waals surface area contributed by atoms with E-state index >= 15 is 0 Å². The van der Waals surface area contributed by atoms with Crippen LogP contribution in [0.15, 0.2) is 42.5 Å². The molecule has 0 aliphatic rings. The van der Waals surface area contributed by atoms with Crippen molar-refractivity contribution in [3.8, 4) is 11.5 Å². The van der Waals surface area contributed by atoms with Gasteiger partial charge in [0.15, 0.2) is 12.4 Å². The van der Waals surface area contributed by atoms with Crippen molar-refractivity contribution in [2.24, 2.45) is 0 Å². The Bertz CT molecular complexity index is 876. The van der Waals surface area contributed by atoms with E-state index in [1.54, 1.807) is 30.3 Å². The Morgan fingerprint density at radius 1 is 0.900 bits per heavy atom. The molecular formula is C23H27NO6. The van der Waals surface area contributed by atoms with Crippen LogP contribution in [0.5, 0.6) is 11.5 Å². The molecule has 30 heavy (non-hydrogen) atoms. The van der Waals surface area contributed by atoms with E-state index in [9.17, 15) is 14.4 Å². The highest BCUT2D eigenvalue weighted by atomic mass is 16.5. The molecule has 0 aromatic heterocycles. The standard InChI is InChI=1S/C23H27NO6/c1-4-28-18-10-12-21(29-5-2)19(14-18)24-22(26)15-30-23(27)13-11-20(25)17-8-6-16(3)7-9-17/h6-10,12,14H,4-5,11,13,15H2,1-3H3,(H,24,26). The number of rotatable bonds is 11. The van der Waals surface area contributed by atoms with E-state index in [0.717, 1.165) is 5.56 Å². The van der Waals surface area contributed by atoms with Crippen molar-refractivity contribution in [1.29, 1.82) is 0 Å². The van der Waals surface area contributed by atoms with Crippen molar-refractivity contribution in [2.75, 3.05) is 25.1 Å². The molecule has 0 fully saturated rings. The summed E-state index contributed by atoms with van der Waals surface area (Å²) in [6.07, 6.45) is -0.0710. The number of ketones is 1. The lowest BCUT2D eigenvalue weighted by atomic mass is 10.1. The van der Waals surface area contributed by atoms with E-state index < -0.39 is 18.5 Å².